The summed E-state index contributed by atoms with van der Waals surface area (Å²) >= 11 is 2.65. The van der Waals surface area contributed by atoms with Crippen molar-refractivity contribution in [3.05, 3.63) is 0 Å². The molecule has 1 atom stereocenters. The summed E-state index contributed by atoms with van der Waals surface area (Å²) in [5.41, 5.74) is 0. The molecule has 1 heterocycles. The van der Waals surface area contributed by atoms with Gasteiger partial charge in [-0.05, 0) is 25.7 Å². The van der Waals surface area contributed by atoms with E-state index in [0.29, 0.717) is 16.3 Å². The highest BCUT2D eigenvalue weighted by Crippen LogP contribution is 2.30. The van der Waals surface area contributed by atoms with Gasteiger partial charge in [-0.1, -0.05) is 42.4 Å². The van der Waals surface area contributed by atoms with Crippen molar-refractivity contribution >= 4 is 34.2 Å². The summed E-state index contributed by atoms with van der Waals surface area (Å²) in [5, 5.41) is 20.9. The van der Waals surface area contributed by atoms with Gasteiger partial charge in [0.15, 0.2) is 4.34 Å². The molecule has 106 valence electrons. The van der Waals surface area contributed by atoms with Crippen molar-refractivity contribution in [3.63, 3.8) is 0 Å². The Morgan fingerprint density at radius 2 is 2.21 bits per heavy atom. The molecule has 0 saturated heterocycles. The molecule has 19 heavy (non-hydrogen) atoms. The Bertz CT molecular complexity index is 419. The molecule has 0 spiro atoms. The van der Waals surface area contributed by atoms with Gasteiger partial charge in [-0.2, -0.15) is 0 Å². The number of thioether (sulfide) groups is 1. The molecule has 7 heteroatoms. The lowest BCUT2D eigenvalue weighted by atomic mass is 9.85. The van der Waals surface area contributed by atoms with Gasteiger partial charge in [0.05, 0.1) is 5.75 Å². The van der Waals surface area contributed by atoms with E-state index in [9.17, 15) is 4.79 Å². The lowest BCUT2D eigenvalue weighted by Gasteiger charge is -2.27. The number of hydrogen-bond acceptors (Lipinski definition) is 6. The van der Waals surface area contributed by atoms with E-state index in [4.69, 9.17) is 5.11 Å². The summed E-state index contributed by atoms with van der Waals surface area (Å²) in [6.45, 7) is 2.20. The van der Waals surface area contributed by atoms with E-state index in [0.717, 1.165) is 5.13 Å². The number of rotatable bonds is 6. The van der Waals surface area contributed by atoms with Crippen LogP contribution in [0.4, 0.5) is 5.13 Å². The van der Waals surface area contributed by atoms with Crippen LogP contribution >= 0.6 is 23.1 Å². The molecule has 0 radical (unpaired) electrons. The number of anilines is 1. The number of nitrogens with zero attached hydrogens (tertiary/aromatic N) is 2. The SMILES string of the molecule is CC(Nc1nnc(SCC(=O)O)s1)C1CCCCC1. The fourth-order valence-corrected chi connectivity index (χ4v) is 3.96. The maximum absolute atomic E-state index is 10.5. The van der Waals surface area contributed by atoms with E-state index in [2.05, 4.69) is 22.4 Å². The van der Waals surface area contributed by atoms with Crippen LogP contribution in [0.2, 0.25) is 0 Å². The Balaban J connectivity index is 1.83. The zero-order valence-corrected chi connectivity index (χ0v) is 12.6. The van der Waals surface area contributed by atoms with Gasteiger partial charge >= 0.3 is 5.97 Å². The lowest BCUT2D eigenvalue weighted by molar-refractivity contribution is -0.133. The molecule has 1 saturated carbocycles. The number of aromatic nitrogens is 2. The Labute approximate surface area is 121 Å². The average molecular weight is 301 g/mol. The van der Waals surface area contributed by atoms with Crippen LogP contribution in [-0.2, 0) is 4.79 Å². The molecule has 1 unspecified atom stereocenters. The molecule has 0 aromatic carbocycles. The van der Waals surface area contributed by atoms with Crippen molar-refractivity contribution in [2.45, 2.75) is 49.4 Å². The fourth-order valence-electron chi connectivity index (χ4n) is 2.40. The summed E-state index contributed by atoms with van der Waals surface area (Å²) < 4.78 is 0.709. The normalized spacial score (nSPS) is 18.2. The average Bonchev–Trinajstić information content (AvgIpc) is 2.85. The second kappa shape index (κ2) is 7.09. The van der Waals surface area contributed by atoms with Gasteiger partial charge < -0.3 is 10.4 Å². The summed E-state index contributed by atoms with van der Waals surface area (Å²) in [6.07, 6.45) is 6.58. The molecule has 1 aliphatic carbocycles. The Morgan fingerprint density at radius 3 is 2.89 bits per heavy atom. The predicted octanol–water partition coefficient (Wildman–Crippen LogP) is 3.10. The van der Waals surface area contributed by atoms with Crippen molar-refractivity contribution in [1.82, 2.24) is 10.2 Å². The highest BCUT2D eigenvalue weighted by Gasteiger charge is 2.21. The number of carbonyl (C=O) groups is 1. The minimum atomic E-state index is -0.828. The third kappa shape index (κ3) is 4.65. The second-order valence-electron chi connectivity index (χ2n) is 4.89. The minimum Gasteiger partial charge on any atom is -0.481 e. The fraction of sp³-hybridized carbons (Fsp3) is 0.750. The van der Waals surface area contributed by atoms with E-state index >= 15 is 0 Å². The van der Waals surface area contributed by atoms with Gasteiger partial charge in [-0.3, -0.25) is 4.79 Å². The molecule has 0 aliphatic heterocycles. The maximum Gasteiger partial charge on any atom is 0.313 e. The summed E-state index contributed by atoms with van der Waals surface area (Å²) in [6, 6.07) is 0.408. The molecule has 1 fully saturated rings. The molecule has 1 aliphatic rings. The minimum absolute atomic E-state index is 0.0345. The monoisotopic (exact) mass is 301 g/mol. The van der Waals surface area contributed by atoms with E-state index < -0.39 is 5.97 Å². The highest BCUT2D eigenvalue weighted by atomic mass is 32.2. The largest absolute Gasteiger partial charge is 0.481 e. The third-order valence-electron chi connectivity index (χ3n) is 3.43. The first kappa shape index (κ1) is 14.6. The number of carboxylic acid groups (broad SMARTS) is 1. The molecule has 1 aromatic rings. The predicted molar refractivity (Wildman–Crippen MR) is 77.9 cm³/mol. The van der Waals surface area contributed by atoms with Crippen molar-refractivity contribution in [1.29, 1.82) is 0 Å². The smallest absolute Gasteiger partial charge is 0.313 e. The second-order valence-corrected chi connectivity index (χ2v) is 7.09. The standard InChI is InChI=1S/C12H19N3O2S2/c1-8(9-5-3-2-4-6-9)13-11-14-15-12(19-11)18-7-10(16)17/h8-9H,2-7H2,1H3,(H,13,14)(H,16,17). The van der Waals surface area contributed by atoms with Crippen LogP contribution in [0.15, 0.2) is 4.34 Å². The maximum atomic E-state index is 10.5. The first-order valence-electron chi connectivity index (χ1n) is 6.60. The highest BCUT2D eigenvalue weighted by molar-refractivity contribution is 8.01. The first-order chi connectivity index (χ1) is 9.15. The summed E-state index contributed by atoms with van der Waals surface area (Å²) in [7, 11) is 0. The van der Waals surface area contributed by atoms with Crippen LogP contribution in [0, 0.1) is 5.92 Å². The van der Waals surface area contributed by atoms with Crippen molar-refractivity contribution in [2.24, 2.45) is 5.92 Å². The number of aliphatic carboxylic acids is 1. The van der Waals surface area contributed by atoms with Crippen LogP contribution in [0.25, 0.3) is 0 Å². The van der Waals surface area contributed by atoms with Crippen molar-refractivity contribution < 1.29 is 9.90 Å². The zero-order valence-electron chi connectivity index (χ0n) is 11.0. The Morgan fingerprint density at radius 1 is 1.47 bits per heavy atom. The number of hydrogen-bond donors (Lipinski definition) is 2. The van der Waals surface area contributed by atoms with E-state index in [1.807, 2.05) is 0 Å². The first-order valence-corrected chi connectivity index (χ1v) is 8.40. The van der Waals surface area contributed by atoms with Crippen LogP contribution < -0.4 is 5.32 Å². The van der Waals surface area contributed by atoms with Crippen LogP contribution in [-0.4, -0.2) is 33.1 Å². The topological polar surface area (TPSA) is 75.1 Å². The number of carboxylic acids is 1. The molecule has 5 nitrogen and oxygen atoms in total. The summed E-state index contributed by atoms with van der Waals surface area (Å²) in [5.74, 6) is -0.0784. The van der Waals surface area contributed by atoms with Gasteiger partial charge in [0.25, 0.3) is 0 Å². The Kier molecular flexibility index (Phi) is 5.45. The van der Waals surface area contributed by atoms with E-state index in [-0.39, 0.29) is 5.75 Å². The van der Waals surface area contributed by atoms with Gasteiger partial charge in [0.2, 0.25) is 5.13 Å². The summed E-state index contributed by atoms with van der Waals surface area (Å²) in [4.78, 5) is 10.5. The van der Waals surface area contributed by atoms with Gasteiger partial charge in [-0.25, -0.2) is 0 Å². The van der Waals surface area contributed by atoms with Crippen LogP contribution in [0.3, 0.4) is 0 Å². The Hall–Kier alpha value is -0.820. The third-order valence-corrected chi connectivity index (χ3v) is 5.41. The van der Waals surface area contributed by atoms with Gasteiger partial charge in [-0.15, -0.1) is 10.2 Å². The van der Waals surface area contributed by atoms with Crippen LogP contribution in [0.5, 0.6) is 0 Å². The number of nitrogens with one attached hydrogen (secondary N) is 1. The van der Waals surface area contributed by atoms with Gasteiger partial charge in [0.1, 0.15) is 0 Å². The molecular formula is C12H19N3O2S2. The lowest BCUT2D eigenvalue weighted by Crippen LogP contribution is -2.27. The molecule has 1 aromatic heterocycles. The van der Waals surface area contributed by atoms with E-state index in [1.54, 1.807) is 0 Å². The molecule has 2 N–H and O–H groups in total. The molecule has 0 bridgehead atoms. The quantitative estimate of drug-likeness (QED) is 0.786. The zero-order chi connectivity index (χ0) is 13.7. The molecule has 0 amide bonds. The van der Waals surface area contributed by atoms with Gasteiger partial charge in [0, 0.05) is 6.04 Å². The molecular weight excluding hydrogens is 282 g/mol. The van der Waals surface area contributed by atoms with Crippen LogP contribution in [0.1, 0.15) is 39.0 Å². The van der Waals surface area contributed by atoms with E-state index in [1.165, 1.54) is 55.2 Å². The van der Waals surface area contributed by atoms with Crippen molar-refractivity contribution in [3.8, 4) is 0 Å². The van der Waals surface area contributed by atoms with Crippen molar-refractivity contribution in [2.75, 3.05) is 11.1 Å². The molecule has 2 rings (SSSR count).